The summed E-state index contributed by atoms with van der Waals surface area (Å²) in [6.07, 6.45) is 7.31. The zero-order valence-electron chi connectivity index (χ0n) is 14.4. The van der Waals surface area contributed by atoms with E-state index in [1.165, 1.54) is 35.0 Å². The molecule has 0 spiro atoms. The topological polar surface area (TPSA) is 86.9 Å². The molecule has 2 N–H and O–H groups in total. The molecule has 0 aliphatic carbocycles. The molecular weight excluding hydrogens is 340 g/mol. The SMILES string of the molecule is CCC1CCCCN1CCCNC(=O)c1c(O)nc2sccn2c1=O. The van der Waals surface area contributed by atoms with Crippen LogP contribution in [-0.4, -0.2) is 51.0 Å². The van der Waals surface area contributed by atoms with Gasteiger partial charge in [-0.1, -0.05) is 13.3 Å². The van der Waals surface area contributed by atoms with Gasteiger partial charge in [-0.15, -0.1) is 11.3 Å². The number of nitrogens with one attached hydrogen (secondary N) is 1. The Bertz CT molecular complexity index is 801. The first-order chi connectivity index (χ1) is 12.1. The van der Waals surface area contributed by atoms with Gasteiger partial charge in [0, 0.05) is 30.7 Å². The number of hydrogen-bond donors (Lipinski definition) is 2. The molecule has 8 heteroatoms. The van der Waals surface area contributed by atoms with E-state index in [1.807, 2.05) is 0 Å². The highest BCUT2D eigenvalue weighted by atomic mass is 32.1. The smallest absolute Gasteiger partial charge is 0.275 e. The van der Waals surface area contributed by atoms with Crippen molar-refractivity contribution < 1.29 is 9.90 Å². The predicted octanol–water partition coefficient (Wildman–Crippen LogP) is 1.85. The van der Waals surface area contributed by atoms with Gasteiger partial charge < -0.3 is 15.3 Å². The maximum Gasteiger partial charge on any atom is 0.275 e. The van der Waals surface area contributed by atoms with Crippen molar-refractivity contribution in [1.82, 2.24) is 19.6 Å². The van der Waals surface area contributed by atoms with Crippen LogP contribution >= 0.6 is 11.3 Å². The van der Waals surface area contributed by atoms with Gasteiger partial charge in [-0.2, -0.15) is 4.98 Å². The van der Waals surface area contributed by atoms with E-state index in [0.29, 0.717) is 17.5 Å². The summed E-state index contributed by atoms with van der Waals surface area (Å²) in [5, 5.41) is 14.3. The summed E-state index contributed by atoms with van der Waals surface area (Å²) in [7, 11) is 0. The highest BCUT2D eigenvalue weighted by molar-refractivity contribution is 7.15. The average Bonchev–Trinajstić information content (AvgIpc) is 3.07. The van der Waals surface area contributed by atoms with Crippen molar-refractivity contribution >= 4 is 22.2 Å². The van der Waals surface area contributed by atoms with Crippen molar-refractivity contribution in [2.75, 3.05) is 19.6 Å². The van der Waals surface area contributed by atoms with Crippen LogP contribution in [0.5, 0.6) is 5.88 Å². The average molecular weight is 364 g/mol. The van der Waals surface area contributed by atoms with E-state index >= 15 is 0 Å². The molecule has 7 nitrogen and oxygen atoms in total. The number of fused-ring (bicyclic) bond motifs is 1. The van der Waals surface area contributed by atoms with E-state index < -0.39 is 17.3 Å². The quantitative estimate of drug-likeness (QED) is 0.764. The van der Waals surface area contributed by atoms with Crippen LogP contribution in [0.1, 0.15) is 49.4 Å². The fourth-order valence-electron chi connectivity index (χ4n) is 3.46. The van der Waals surface area contributed by atoms with Crippen LogP contribution < -0.4 is 10.9 Å². The molecule has 1 atom stereocenters. The Kier molecular flexibility index (Phi) is 5.70. The lowest BCUT2D eigenvalue weighted by atomic mass is 10.00. The third-order valence-electron chi connectivity index (χ3n) is 4.80. The molecule has 0 radical (unpaired) electrons. The van der Waals surface area contributed by atoms with Crippen LogP contribution in [0.2, 0.25) is 0 Å². The van der Waals surface area contributed by atoms with Crippen molar-refractivity contribution in [1.29, 1.82) is 0 Å². The van der Waals surface area contributed by atoms with E-state index in [1.54, 1.807) is 11.6 Å². The number of hydrogen-bond acceptors (Lipinski definition) is 6. The molecule has 1 amide bonds. The van der Waals surface area contributed by atoms with Crippen molar-refractivity contribution in [3.05, 3.63) is 27.5 Å². The third-order valence-corrected chi connectivity index (χ3v) is 5.56. The van der Waals surface area contributed by atoms with E-state index in [-0.39, 0.29) is 5.56 Å². The first kappa shape index (κ1) is 17.9. The highest BCUT2D eigenvalue weighted by Gasteiger charge is 2.21. The summed E-state index contributed by atoms with van der Waals surface area (Å²) in [4.78, 5) is 31.4. The second-order valence-corrected chi connectivity index (χ2v) is 7.25. The van der Waals surface area contributed by atoms with Gasteiger partial charge in [0.1, 0.15) is 0 Å². The second-order valence-electron chi connectivity index (χ2n) is 6.37. The number of amides is 1. The lowest BCUT2D eigenvalue weighted by Gasteiger charge is -2.35. The molecule has 2 aromatic heterocycles. The molecule has 1 aliphatic rings. The van der Waals surface area contributed by atoms with Gasteiger partial charge in [0.2, 0.25) is 5.88 Å². The Morgan fingerprint density at radius 1 is 1.48 bits per heavy atom. The van der Waals surface area contributed by atoms with Crippen molar-refractivity contribution in [2.45, 2.75) is 45.1 Å². The number of nitrogens with zero attached hydrogens (tertiary/aromatic N) is 3. The van der Waals surface area contributed by atoms with Crippen LogP contribution in [0.25, 0.3) is 4.96 Å². The lowest BCUT2D eigenvalue weighted by molar-refractivity contribution is 0.0942. The Labute approximate surface area is 150 Å². The lowest BCUT2D eigenvalue weighted by Crippen LogP contribution is -2.41. The highest BCUT2D eigenvalue weighted by Crippen LogP contribution is 2.19. The van der Waals surface area contributed by atoms with Gasteiger partial charge >= 0.3 is 0 Å². The van der Waals surface area contributed by atoms with Crippen molar-refractivity contribution in [3.8, 4) is 5.88 Å². The molecule has 3 heterocycles. The molecule has 1 aliphatic heterocycles. The second kappa shape index (κ2) is 7.97. The molecule has 2 aromatic rings. The molecule has 3 rings (SSSR count). The fourth-order valence-corrected chi connectivity index (χ4v) is 4.16. The maximum atomic E-state index is 12.3. The zero-order chi connectivity index (χ0) is 17.8. The summed E-state index contributed by atoms with van der Waals surface area (Å²) in [6.45, 7) is 4.74. The van der Waals surface area contributed by atoms with Gasteiger partial charge in [0.05, 0.1) is 0 Å². The number of rotatable bonds is 6. The largest absolute Gasteiger partial charge is 0.492 e. The summed E-state index contributed by atoms with van der Waals surface area (Å²) in [5.41, 5.74) is -0.830. The van der Waals surface area contributed by atoms with Crippen LogP contribution in [-0.2, 0) is 0 Å². The minimum Gasteiger partial charge on any atom is -0.492 e. The number of likely N-dealkylation sites (tertiary alicyclic amines) is 1. The van der Waals surface area contributed by atoms with Gasteiger partial charge in [-0.3, -0.25) is 14.0 Å². The molecule has 0 saturated carbocycles. The predicted molar refractivity (Wildman–Crippen MR) is 97.5 cm³/mol. The third kappa shape index (κ3) is 3.85. The van der Waals surface area contributed by atoms with E-state index in [0.717, 1.165) is 25.9 Å². The molecular formula is C17H24N4O3S. The first-order valence-corrected chi connectivity index (χ1v) is 9.71. The van der Waals surface area contributed by atoms with Gasteiger partial charge in [0.25, 0.3) is 11.5 Å². The zero-order valence-corrected chi connectivity index (χ0v) is 15.2. The van der Waals surface area contributed by atoms with Crippen molar-refractivity contribution in [2.24, 2.45) is 0 Å². The number of piperidine rings is 1. The minimum atomic E-state index is -0.568. The molecule has 0 aromatic carbocycles. The standard InChI is InChI=1S/C17H24N4O3S/c1-2-12-6-3-4-8-20(12)9-5-7-18-14(22)13-15(23)19-17-21(16(13)24)10-11-25-17/h10-12,23H,2-9H2,1H3,(H,18,22). The molecule has 1 fully saturated rings. The minimum absolute atomic E-state index is 0.291. The Balaban J connectivity index is 1.57. The van der Waals surface area contributed by atoms with Crippen LogP contribution in [0.3, 0.4) is 0 Å². The van der Waals surface area contributed by atoms with E-state index in [2.05, 4.69) is 22.1 Å². The molecule has 1 saturated heterocycles. The van der Waals surface area contributed by atoms with Crippen LogP contribution in [0, 0.1) is 0 Å². The molecule has 1 unspecified atom stereocenters. The summed E-state index contributed by atoms with van der Waals surface area (Å²) >= 11 is 1.23. The van der Waals surface area contributed by atoms with Gasteiger partial charge in [-0.25, -0.2) is 0 Å². The normalized spacial score (nSPS) is 18.5. The number of aromatic nitrogens is 2. The Hall–Kier alpha value is -1.93. The summed E-state index contributed by atoms with van der Waals surface area (Å²) < 4.78 is 1.28. The summed E-state index contributed by atoms with van der Waals surface area (Å²) in [6, 6.07) is 0.642. The number of aromatic hydroxyl groups is 1. The number of carbonyl (C=O) groups is 1. The molecule has 25 heavy (non-hydrogen) atoms. The van der Waals surface area contributed by atoms with Crippen LogP contribution in [0.4, 0.5) is 0 Å². The van der Waals surface area contributed by atoms with E-state index in [9.17, 15) is 14.7 Å². The van der Waals surface area contributed by atoms with Crippen LogP contribution in [0.15, 0.2) is 16.4 Å². The summed E-state index contributed by atoms with van der Waals surface area (Å²) in [5.74, 6) is -1.08. The number of thiazole rings is 1. The molecule has 0 bridgehead atoms. The maximum absolute atomic E-state index is 12.3. The van der Waals surface area contributed by atoms with Crippen molar-refractivity contribution in [3.63, 3.8) is 0 Å². The molecule has 136 valence electrons. The number of carbonyl (C=O) groups excluding carboxylic acids is 1. The monoisotopic (exact) mass is 364 g/mol. The first-order valence-electron chi connectivity index (χ1n) is 8.83. The van der Waals surface area contributed by atoms with Gasteiger partial charge in [-0.05, 0) is 32.2 Å². The van der Waals surface area contributed by atoms with Gasteiger partial charge in [0.15, 0.2) is 10.5 Å². The Morgan fingerprint density at radius 3 is 3.12 bits per heavy atom. The van der Waals surface area contributed by atoms with E-state index in [4.69, 9.17) is 0 Å². The fraction of sp³-hybridized carbons (Fsp3) is 0.588. The Morgan fingerprint density at radius 2 is 2.32 bits per heavy atom.